The van der Waals surface area contributed by atoms with Crippen molar-refractivity contribution in [3.8, 4) is 11.1 Å². The molecule has 35 heavy (non-hydrogen) atoms. The number of aromatic nitrogens is 2. The van der Waals surface area contributed by atoms with Crippen LogP contribution in [0, 0.1) is 0 Å². The van der Waals surface area contributed by atoms with Gasteiger partial charge in [0.2, 0.25) is 0 Å². The quantitative estimate of drug-likeness (QED) is 0.172. The van der Waals surface area contributed by atoms with Gasteiger partial charge >= 0.3 is 5.97 Å². The zero-order valence-corrected chi connectivity index (χ0v) is 22.2. The number of sulfonamides is 1. The van der Waals surface area contributed by atoms with E-state index >= 15 is 0 Å². The minimum atomic E-state index is -3.85. The molecule has 0 aliphatic heterocycles. The molecule has 2 aromatic carbocycles. The lowest BCUT2D eigenvalue weighted by atomic mass is 10.0. The van der Waals surface area contributed by atoms with Gasteiger partial charge in [-0.05, 0) is 30.4 Å². The number of hydrogen-bond acceptors (Lipinski definition) is 6. The lowest BCUT2D eigenvalue weighted by molar-refractivity contribution is 0.0515. The second kappa shape index (κ2) is 11.5. The number of esters is 1. The highest BCUT2D eigenvalue weighted by Gasteiger charge is 2.23. The van der Waals surface area contributed by atoms with Crippen molar-refractivity contribution in [3.63, 3.8) is 0 Å². The minimum Gasteiger partial charge on any atom is -0.461 e. The molecule has 0 aliphatic rings. The summed E-state index contributed by atoms with van der Waals surface area (Å²) in [6.07, 6.45) is 3.86. The summed E-state index contributed by atoms with van der Waals surface area (Å²) in [6, 6.07) is 14.5. The largest absolute Gasteiger partial charge is 0.461 e. The summed E-state index contributed by atoms with van der Waals surface area (Å²) in [6.45, 7) is 4.59. The molecule has 0 fully saturated rings. The van der Waals surface area contributed by atoms with Crippen molar-refractivity contribution in [1.82, 2.24) is 14.5 Å². The van der Waals surface area contributed by atoms with Crippen LogP contribution in [0.3, 0.4) is 0 Å². The van der Waals surface area contributed by atoms with Crippen molar-refractivity contribution in [2.24, 2.45) is 4.40 Å². The molecule has 0 unspecified atom stereocenters. The molecular weight excluding hydrogens is 484 g/mol. The molecule has 0 bridgehead atoms. The van der Waals surface area contributed by atoms with Gasteiger partial charge in [-0.2, -0.15) is 8.42 Å². The number of carbonyl (C=O) groups is 1. The molecule has 3 aromatic rings. The molecule has 0 radical (unpaired) electrons. The van der Waals surface area contributed by atoms with Crippen LogP contribution in [0.4, 0.5) is 0 Å². The summed E-state index contributed by atoms with van der Waals surface area (Å²) in [5, 5.41) is 0.763. The van der Waals surface area contributed by atoms with Crippen LogP contribution >= 0.6 is 11.8 Å². The Balaban J connectivity index is 1.94. The molecule has 8 nitrogen and oxygen atoms in total. The van der Waals surface area contributed by atoms with Crippen molar-refractivity contribution in [1.29, 1.82) is 0 Å². The lowest BCUT2D eigenvalue weighted by Crippen LogP contribution is -2.10. The molecule has 0 amide bonds. The first-order valence-electron chi connectivity index (χ1n) is 11.2. The van der Waals surface area contributed by atoms with E-state index in [1.807, 2.05) is 42.0 Å². The van der Waals surface area contributed by atoms with Crippen LogP contribution in [0.25, 0.3) is 11.1 Å². The van der Waals surface area contributed by atoms with Crippen LogP contribution in [0.1, 0.15) is 35.7 Å². The van der Waals surface area contributed by atoms with Crippen LogP contribution in [-0.2, 0) is 27.7 Å². The first kappa shape index (κ1) is 26.5. The summed E-state index contributed by atoms with van der Waals surface area (Å²) in [4.78, 5) is 18.6. The van der Waals surface area contributed by atoms with Gasteiger partial charge in [0.15, 0.2) is 5.69 Å². The van der Waals surface area contributed by atoms with Crippen molar-refractivity contribution in [3.05, 3.63) is 65.6 Å². The Bertz CT molecular complexity index is 1310. The Morgan fingerprint density at radius 2 is 1.83 bits per heavy atom. The van der Waals surface area contributed by atoms with E-state index in [1.54, 1.807) is 50.2 Å². The Labute approximate surface area is 211 Å². The molecule has 0 atom stereocenters. The molecule has 0 N–H and O–H groups in total. The fourth-order valence-electron chi connectivity index (χ4n) is 3.57. The fourth-order valence-corrected chi connectivity index (χ4v) is 5.42. The summed E-state index contributed by atoms with van der Waals surface area (Å²) >= 11 is 1.46. The van der Waals surface area contributed by atoms with Crippen molar-refractivity contribution < 1.29 is 17.9 Å². The minimum absolute atomic E-state index is 0.150. The Morgan fingerprint density at radius 1 is 1.14 bits per heavy atom. The molecule has 0 aliphatic carbocycles. The maximum absolute atomic E-state index is 12.8. The van der Waals surface area contributed by atoms with Gasteiger partial charge in [0.05, 0.1) is 11.5 Å². The number of carbonyl (C=O) groups excluding carboxylic acids is 1. The monoisotopic (exact) mass is 514 g/mol. The Morgan fingerprint density at radius 3 is 2.43 bits per heavy atom. The molecular formula is C25H30N4O4S2. The number of aryl methyl sites for hydroxylation is 1. The van der Waals surface area contributed by atoms with Crippen molar-refractivity contribution >= 4 is 34.1 Å². The zero-order valence-electron chi connectivity index (χ0n) is 20.6. The smallest absolute Gasteiger partial charge is 0.359 e. The summed E-state index contributed by atoms with van der Waals surface area (Å²) in [7, 11) is -0.424. The van der Waals surface area contributed by atoms with Gasteiger partial charge < -0.3 is 14.2 Å². The van der Waals surface area contributed by atoms with Crippen LogP contribution in [0.2, 0.25) is 0 Å². The molecule has 0 saturated heterocycles. The third kappa shape index (κ3) is 6.12. The highest BCUT2D eigenvalue weighted by Crippen LogP contribution is 2.30. The fraction of sp³-hybridized carbons (Fsp3) is 0.320. The van der Waals surface area contributed by atoms with E-state index in [0.29, 0.717) is 30.8 Å². The predicted octanol–water partition coefficient (Wildman–Crippen LogP) is 4.34. The van der Waals surface area contributed by atoms with Gasteiger partial charge in [-0.15, -0.1) is 16.2 Å². The number of ether oxygens (including phenoxy) is 1. The predicted molar refractivity (Wildman–Crippen MR) is 140 cm³/mol. The van der Waals surface area contributed by atoms with Crippen LogP contribution in [-0.4, -0.2) is 62.1 Å². The normalized spacial score (nSPS) is 11.7. The van der Waals surface area contributed by atoms with Crippen LogP contribution in [0.5, 0.6) is 0 Å². The number of benzene rings is 2. The van der Waals surface area contributed by atoms with Crippen LogP contribution < -0.4 is 0 Å². The zero-order chi connectivity index (χ0) is 25.6. The topological polar surface area (TPSA) is 93.9 Å². The van der Waals surface area contributed by atoms with Gasteiger partial charge in [0, 0.05) is 32.6 Å². The van der Waals surface area contributed by atoms with E-state index in [4.69, 9.17) is 4.74 Å². The average molecular weight is 515 g/mol. The molecule has 1 aromatic heterocycles. The summed E-state index contributed by atoms with van der Waals surface area (Å²) in [5.41, 5.74) is 2.69. The third-order valence-electron chi connectivity index (χ3n) is 5.17. The van der Waals surface area contributed by atoms with Gasteiger partial charge in [-0.25, -0.2) is 9.78 Å². The van der Waals surface area contributed by atoms with E-state index in [2.05, 4.69) is 9.38 Å². The number of imidazole rings is 1. The lowest BCUT2D eigenvalue weighted by Gasteiger charge is -2.12. The molecule has 1 heterocycles. The van der Waals surface area contributed by atoms with E-state index < -0.39 is 16.0 Å². The Kier molecular flexibility index (Phi) is 8.74. The first-order chi connectivity index (χ1) is 16.7. The molecule has 0 spiro atoms. The van der Waals surface area contributed by atoms with E-state index in [1.165, 1.54) is 18.1 Å². The molecule has 10 heteroatoms. The third-order valence-corrected chi connectivity index (χ3v) is 7.25. The van der Waals surface area contributed by atoms with Gasteiger partial charge in [0.1, 0.15) is 17.2 Å². The number of thioether (sulfide) groups is 1. The van der Waals surface area contributed by atoms with Gasteiger partial charge in [-0.3, -0.25) is 0 Å². The second-order valence-electron chi connectivity index (χ2n) is 7.90. The van der Waals surface area contributed by atoms with Gasteiger partial charge in [0.25, 0.3) is 10.0 Å². The molecule has 0 saturated carbocycles. The second-order valence-corrected chi connectivity index (χ2v) is 10.3. The number of rotatable bonds is 10. The SMILES string of the molecule is CCOC(=O)c1nc(CC)n(Cc2ccc(-c3ccccc3S(=O)(=O)/N=C/N(C)C)cc2)c1SC. The highest BCUT2D eigenvalue weighted by atomic mass is 32.2. The first-order valence-corrected chi connectivity index (χ1v) is 13.8. The van der Waals surface area contributed by atoms with E-state index in [9.17, 15) is 13.2 Å². The number of hydrogen-bond donors (Lipinski definition) is 0. The molecule has 186 valence electrons. The van der Waals surface area contributed by atoms with Crippen LogP contribution in [0.15, 0.2) is 62.9 Å². The maximum Gasteiger partial charge on any atom is 0.359 e. The summed E-state index contributed by atoms with van der Waals surface area (Å²) in [5.74, 6) is 0.382. The standard InChI is InChI=1S/C25H30N4O4S2/c1-6-22-27-23(25(30)33-7-2)24(34-5)29(22)16-18-12-14-19(15-13-18)20-10-8-9-11-21(20)35(31,32)26-17-28(3)4/h8-15,17H,6-7,16H2,1-5H3/b26-17+. The highest BCUT2D eigenvalue weighted by molar-refractivity contribution is 7.98. The Hall–Kier alpha value is -3.11. The van der Waals surface area contributed by atoms with E-state index in [0.717, 1.165) is 22.0 Å². The average Bonchev–Trinajstić information content (AvgIpc) is 3.21. The van der Waals surface area contributed by atoms with Crippen molar-refractivity contribution in [2.45, 2.75) is 36.7 Å². The molecule has 3 rings (SSSR count). The van der Waals surface area contributed by atoms with E-state index in [-0.39, 0.29) is 4.90 Å². The number of nitrogens with zero attached hydrogens (tertiary/aromatic N) is 4. The van der Waals surface area contributed by atoms with Crippen molar-refractivity contribution in [2.75, 3.05) is 27.0 Å². The summed E-state index contributed by atoms with van der Waals surface area (Å²) < 4.78 is 36.6. The maximum atomic E-state index is 12.8. The van der Waals surface area contributed by atoms with Gasteiger partial charge in [-0.1, -0.05) is 49.4 Å².